The van der Waals surface area contributed by atoms with Crippen molar-refractivity contribution >= 4 is 5.91 Å². The molecule has 16 heavy (non-hydrogen) atoms. The van der Waals surface area contributed by atoms with E-state index >= 15 is 0 Å². The van der Waals surface area contributed by atoms with Crippen molar-refractivity contribution in [3.05, 3.63) is 12.7 Å². The highest BCUT2D eigenvalue weighted by Crippen LogP contribution is 2.26. The summed E-state index contributed by atoms with van der Waals surface area (Å²) in [6, 6.07) is 0. The smallest absolute Gasteiger partial charge is 0.248 e. The third-order valence-electron chi connectivity index (χ3n) is 3.13. The standard InChI is InChI=1S/C12H23NO3/c1-6-9(2)11(7-8-14)10(3)12(15)13(4)16-5/h6,9-11,14H,1,7-8H2,2-5H3/t9-,10-,11-/m1/s1. The molecule has 0 aromatic carbocycles. The Morgan fingerprint density at radius 1 is 1.56 bits per heavy atom. The first-order chi connectivity index (χ1) is 7.49. The molecule has 0 saturated heterocycles. The first kappa shape index (κ1) is 15.1. The van der Waals surface area contributed by atoms with E-state index in [1.54, 1.807) is 7.05 Å². The zero-order valence-electron chi connectivity index (χ0n) is 10.6. The van der Waals surface area contributed by atoms with E-state index < -0.39 is 0 Å². The van der Waals surface area contributed by atoms with Gasteiger partial charge in [0.25, 0.3) is 0 Å². The molecule has 0 aliphatic heterocycles. The van der Waals surface area contributed by atoms with Crippen LogP contribution in [0.4, 0.5) is 0 Å². The monoisotopic (exact) mass is 229 g/mol. The summed E-state index contributed by atoms with van der Waals surface area (Å²) in [6.45, 7) is 7.68. The molecule has 0 spiro atoms. The van der Waals surface area contributed by atoms with Crippen LogP contribution in [0, 0.1) is 17.8 Å². The van der Waals surface area contributed by atoms with E-state index in [4.69, 9.17) is 9.94 Å². The van der Waals surface area contributed by atoms with E-state index in [2.05, 4.69) is 6.58 Å². The summed E-state index contributed by atoms with van der Waals surface area (Å²) >= 11 is 0. The van der Waals surface area contributed by atoms with Gasteiger partial charge >= 0.3 is 0 Å². The summed E-state index contributed by atoms with van der Waals surface area (Å²) in [6.07, 6.45) is 2.41. The molecule has 0 fully saturated rings. The lowest BCUT2D eigenvalue weighted by atomic mass is 9.81. The minimum Gasteiger partial charge on any atom is -0.396 e. The number of hydrogen-bond donors (Lipinski definition) is 1. The molecule has 0 radical (unpaired) electrons. The van der Waals surface area contributed by atoms with Crippen LogP contribution in [-0.4, -0.2) is 36.8 Å². The molecule has 0 bridgehead atoms. The van der Waals surface area contributed by atoms with Crippen molar-refractivity contribution in [3.63, 3.8) is 0 Å². The van der Waals surface area contributed by atoms with Crippen LogP contribution in [0.1, 0.15) is 20.3 Å². The van der Waals surface area contributed by atoms with E-state index in [0.29, 0.717) is 6.42 Å². The van der Waals surface area contributed by atoms with E-state index in [1.165, 1.54) is 12.2 Å². The van der Waals surface area contributed by atoms with E-state index in [1.807, 2.05) is 19.9 Å². The average molecular weight is 229 g/mol. The molecular weight excluding hydrogens is 206 g/mol. The van der Waals surface area contributed by atoms with Crippen LogP contribution in [0.3, 0.4) is 0 Å². The maximum Gasteiger partial charge on any atom is 0.248 e. The van der Waals surface area contributed by atoms with Gasteiger partial charge in [-0.05, 0) is 18.3 Å². The van der Waals surface area contributed by atoms with Crippen molar-refractivity contribution in [1.29, 1.82) is 0 Å². The Balaban J connectivity index is 4.65. The molecule has 1 amide bonds. The lowest BCUT2D eigenvalue weighted by Gasteiger charge is -2.28. The second-order valence-corrected chi connectivity index (χ2v) is 4.08. The van der Waals surface area contributed by atoms with Gasteiger partial charge in [0.05, 0.1) is 7.11 Å². The maximum absolute atomic E-state index is 11.9. The van der Waals surface area contributed by atoms with Gasteiger partial charge in [-0.2, -0.15) is 0 Å². The molecule has 0 rings (SSSR count). The first-order valence-corrected chi connectivity index (χ1v) is 5.54. The molecule has 0 unspecified atom stereocenters. The van der Waals surface area contributed by atoms with E-state index in [9.17, 15) is 4.79 Å². The maximum atomic E-state index is 11.9. The van der Waals surface area contributed by atoms with Crippen molar-refractivity contribution in [1.82, 2.24) is 5.06 Å². The van der Waals surface area contributed by atoms with Crippen LogP contribution in [0.25, 0.3) is 0 Å². The van der Waals surface area contributed by atoms with Gasteiger partial charge in [-0.1, -0.05) is 19.9 Å². The summed E-state index contributed by atoms with van der Waals surface area (Å²) in [5.41, 5.74) is 0. The fourth-order valence-corrected chi connectivity index (χ4v) is 1.85. The largest absolute Gasteiger partial charge is 0.396 e. The predicted molar refractivity (Wildman–Crippen MR) is 63.5 cm³/mol. The number of allylic oxidation sites excluding steroid dienone is 1. The van der Waals surface area contributed by atoms with Gasteiger partial charge in [0, 0.05) is 19.6 Å². The van der Waals surface area contributed by atoms with Gasteiger partial charge in [0.15, 0.2) is 0 Å². The minimum atomic E-state index is -0.190. The Morgan fingerprint density at radius 3 is 2.50 bits per heavy atom. The van der Waals surface area contributed by atoms with Crippen molar-refractivity contribution < 1.29 is 14.7 Å². The van der Waals surface area contributed by atoms with E-state index in [0.717, 1.165) is 0 Å². The molecule has 0 saturated carbocycles. The lowest BCUT2D eigenvalue weighted by Crippen LogP contribution is -2.36. The number of hydrogen-bond acceptors (Lipinski definition) is 3. The fourth-order valence-electron chi connectivity index (χ4n) is 1.85. The second-order valence-electron chi connectivity index (χ2n) is 4.08. The molecule has 0 heterocycles. The highest BCUT2D eigenvalue weighted by atomic mass is 16.7. The number of rotatable bonds is 7. The van der Waals surface area contributed by atoms with Crippen LogP contribution in [0.5, 0.6) is 0 Å². The van der Waals surface area contributed by atoms with Gasteiger partial charge in [-0.25, -0.2) is 5.06 Å². The number of carbonyl (C=O) groups excluding carboxylic acids is 1. The van der Waals surface area contributed by atoms with Gasteiger partial charge < -0.3 is 5.11 Å². The zero-order chi connectivity index (χ0) is 12.7. The SMILES string of the molecule is C=C[C@@H](C)[C@@H](CCO)[C@@H](C)C(=O)N(C)OC. The topological polar surface area (TPSA) is 49.8 Å². The molecule has 0 aliphatic carbocycles. The molecule has 0 aromatic rings. The van der Waals surface area contributed by atoms with Crippen LogP contribution in [0.15, 0.2) is 12.7 Å². The number of carbonyl (C=O) groups is 1. The molecule has 0 aromatic heterocycles. The normalized spacial score (nSPS) is 16.3. The quantitative estimate of drug-likeness (QED) is 0.531. The van der Waals surface area contributed by atoms with Gasteiger partial charge in [0.1, 0.15) is 0 Å². The van der Waals surface area contributed by atoms with Gasteiger partial charge in [0.2, 0.25) is 5.91 Å². The Morgan fingerprint density at radius 2 is 2.12 bits per heavy atom. The van der Waals surface area contributed by atoms with Gasteiger partial charge in [-0.3, -0.25) is 9.63 Å². The van der Waals surface area contributed by atoms with Gasteiger partial charge in [-0.15, -0.1) is 6.58 Å². The summed E-state index contributed by atoms with van der Waals surface area (Å²) in [5.74, 6) is 0.0173. The number of aliphatic hydroxyl groups is 1. The highest BCUT2D eigenvalue weighted by molar-refractivity contribution is 5.77. The number of hydroxylamine groups is 2. The summed E-state index contributed by atoms with van der Waals surface area (Å²) in [4.78, 5) is 16.8. The Bertz CT molecular complexity index is 230. The van der Waals surface area contributed by atoms with Crippen molar-refractivity contribution in [2.45, 2.75) is 20.3 Å². The molecule has 1 N–H and O–H groups in total. The number of nitrogens with zero attached hydrogens (tertiary/aromatic N) is 1. The van der Waals surface area contributed by atoms with Crippen LogP contribution >= 0.6 is 0 Å². The number of aliphatic hydroxyl groups excluding tert-OH is 1. The Hall–Kier alpha value is -0.870. The van der Waals surface area contributed by atoms with Crippen LogP contribution in [0.2, 0.25) is 0 Å². The minimum absolute atomic E-state index is 0.0744. The molecule has 4 nitrogen and oxygen atoms in total. The van der Waals surface area contributed by atoms with Crippen molar-refractivity contribution in [3.8, 4) is 0 Å². The van der Waals surface area contributed by atoms with Crippen molar-refractivity contribution in [2.24, 2.45) is 17.8 Å². The van der Waals surface area contributed by atoms with Crippen LogP contribution in [-0.2, 0) is 9.63 Å². The molecule has 4 heteroatoms. The summed E-state index contributed by atoms with van der Waals surface area (Å²) in [7, 11) is 3.05. The second kappa shape index (κ2) is 7.41. The molecular formula is C12H23NO3. The lowest BCUT2D eigenvalue weighted by molar-refractivity contribution is -0.175. The third kappa shape index (κ3) is 3.94. The van der Waals surface area contributed by atoms with E-state index in [-0.39, 0.29) is 30.3 Å². The molecule has 0 aliphatic rings. The molecule has 3 atom stereocenters. The first-order valence-electron chi connectivity index (χ1n) is 5.54. The number of amides is 1. The summed E-state index contributed by atoms with van der Waals surface area (Å²) in [5, 5.41) is 10.2. The fraction of sp³-hybridized carbons (Fsp3) is 0.750. The predicted octanol–water partition coefficient (Wildman–Crippen LogP) is 1.46. The molecule has 94 valence electrons. The Kier molecular flexibility index (Phi) is 7.01. The van der Waals surface area contributed by atoms with Crippen molar-refractivity contribution in [2.75, 3.05) is 20.8 Å². The Labute approximate surface area is 97.8 Å². The third-order valence-corrected chi connectivity index (χ3v) is 3.13. The van der Waals surface area contributed by atoms with Crippen LogP contribution < -0.4 is 0 Å². The summed E-state index contributed by atoms with van der Waals surface area (Å²) < 4.78 is 0. The highest BCUT2D eigenvalue weighted by Gasteiger charge is 2.29. The zero-order valence-corrected chi connectivity index (χ0v) is 10.6. The average Bonchev–Trinajstić information content (AvgIpc) is 2.32.